The van der Waals surface area contributed by atoms with E-state index in [0.29, 0.717) is 6.61 Å². The summed E-state index contributed by atoms with van der Waals surface area (Å²) in [7, 11) is 1.68. The predicted molar refractivity (Wildman–Crippen MR) is 57.8 cm³/mol. The third-order valence-corrected chi connectivity index (χ3v) is 2.69. The summed E-state index contributed by atoms with van der Waals surface area (Å²) in [5.41, 5.74) is 0.942. The molecule has 0 unspecified atom stereocenters. The molecule has 0 spiro atoms. The number of rotatable bonds is 4. The van der Waals surface area contributed by atoms with Crippen molar-refractivity contribution in [3.63, 3.8) is 0 Å². The molecule has 14 heavy (non-hydrogen) atoms. The summed E-state index contributed by atoms with van der Waals surface area (Å²) >= 11 is 1.56. The van der Waals surface area contributed by atoms with E-state index in [1.54, 1.807) is 24.6 Å². The largest absolute Gasteiger partial charge is 0.383 e. The minimum absolute atomic E-state index is 0.684. The van der Waals surface area contributed by atoms with Gasteiger partial charge in [-0.25, -0.2) is 9.97 Å². The van der Waals surface area contributed by atoms with Crippen LogP contribution in [-0.4, -0.2) is 30.2 Å². The fourth-order valence-electron chi connectivity index (χ4n) is 1.11. The lowest BCUT2D eigenvalue weighted by Crippen LogP contribution is -2.06. The number of thiazole rings is 1. The van der Waals surface area contributed by atoms with Crippen molar-refractivity contribution in [2.75, 3.05) is 25.6 Å². The number of methoxy groups -OCH3 is 1. The molecule has 0 saturated heterocycles. The van der Waals surface area contributed by atoms with Crippen molar-refractivity contribution in [1.29, 1.82) is 0 Å². The van der Waals surface area contributed by atoms with Gasteiger partial charge < -0.3 is 10.1 Å². The number of nitrogens with zero attached hydrogens (tertiary/aromatic N) is 2. The van der Waals surface area contributed by atoms with Crippen molar-refractivity contribution in [3.05, 3.63) is 18.3 Å². The standard InChI is InChI=1S/C9H11N3OS/c1-13-6-5-11-9-12-7-3-2-4-10-8(7)14-9/h2-4H,5-6H2,1H3,(H,11,12). The van der Waals surface area contributed by atoms with Crippen molar-refractivity contribution in [2.45, 2.75) is 0 Å². The summed E-state index contributed by atoms with van der Waals surface area (Å²) in [6.45, 7) is 1.46. The van der Waals surface area contributed by atoms with E-state index in [4.69, 9.17) is 4.74 Å². The molecule has 0 radical (unpaired) electrons. The van der Waals surface area contributed by atoms with Gasteiger partial charge in [0, 0.05) is 19.9 Å². The van der Waals surface area contributed by atoms with Crippen LogP contribution in [0.3, 0.4) is 0 Å². The van der Waals surface area contributed by atoms with E-state index >= 15 is 0 Å². The molecule has 2 rings (SSSR count). The van der Waals surface area contributed by atoms with Gasteiger partial charge in [-0.1, -0.05) is 11.3 Å². The second-order valence-corrected chi connectivity index (χ2v) is 3.74. The van der Waals surface area contributed by atoms with Gasteiger partial charge in [-0.3, -0.25) is 0 Å². The van der Waals surface area contributed by atoms with Crippen LogP contribution >= 0.6 is 11.3 Å². The highest BCUT2D eigenvalue weighted by Gasteiger charge is 2.02. The van der Waals surface area contributed by atoms with Crippen LogP contribution < -0.4 is 5.32 Å². The first-order chi connectivity index (χ1) is 6.90. The zero-order valence-electron chi connectivity index (χ0n) is 7.86. The first kappa shape index (κ1) is 9.36. The molecule has 0 amide bonds. The molecule has 0 aliphatic carbocycles. The third-order valence-electron chi connectivity index (χ3n) is 1.75. The Balaban J connectivity index is 2.11. The molecule has 2 aromatic rings. The fraction of sp³-hybridized carbons (Fsp3) is 0.333. The molecule has 4 nitrogen and oxygen atoms in total. The number of fused-ring (bicyclic) bond motifs is 1. The molecule has 2 heterocycles. The van der Waals surface area contributed by atoms with Crippen molar-refractivity contribution in [2.24, 2.45) is 0 Å². The normalized spacial score (nSPS) is 10.6. The maximum Gasteiger partial charge on any atom is 0.185 e. The zero-order chi connectivity index (χ0) is 9.80. The van der Waals surface area contributed by atoms with Crippen molar-refractivity contribution in [3.8, 4) is 0 Å². The van der Waals surface area contributed by atoms with Gasteiger partial charge >= 0.3 is 0 Å². The molecule has 0 bridgehead atoms. The lowest BCUT2D eigenvalue weighted by molar-refractivity contribution is 0.211. The Morgan fingerprint density at radius 2 is 2.50 bits per heavy atom. The molecule has 1 N–H and O–H groups in total. The van der Waals surface area contributed by atoms with Gasteiger partial charge in [0.2, 0.25) is 0 Å². The van der Waals surface area contributed by atoms with Gasteiger partial charge in [0.05, 0.1) is 6.61 Å². The number of hydrogen-bond acceptors (Lipinski definition) is 5. The first-order valence-electron chi connectivity index (χ1n) is 4.34. The Labute approximate surface area is 86.0 Å². The number of ether oxygens (including phenoxy) is 1. The van der Waals surface area contributed by atoms with Crippen LogP contribution in [0.25, 0.3) is 10.3 Å². The second kappa shape index (κ2) is 4.34. The second-order valence-electron chi connectivity index (χ2n) is 2.77. The van der Waals surface area contributed by atoms with Crippen molar-refractivity contribution >= 4 is 26.8 Å². The summed E-state index contributed by atoms with van der Waals surface area (Å²) in [6, 6.07) is 3.85. The summed E-state index contributed by atoms with van der Waals surface area (Å²) in [6.07, 6.45) is 1.78. The van der Waals surface area contributed by atoms with Crippen LogP contribution in [-0.2, 0) is 4.74 Å². The van der Waals surface area contributed by atoms with Gasteiger partial charge in [0.25, 0.3) is 0 Å². The number of pyridine rings is 1. The Hall–Kier alpha value is -1.20. The minimum atomic E-state index is 0.684. The first-order valence-corrected chi connectivity index (χ1v) is 5.16. The smallest absolute Gasteiger partial charge is 0.185 e. The maximum absolute atomic E-state index is 4.94. The highest BCUT2D eigenvalue weighted by molar-refractivity contribution is 7.21. The van der Waals surface area contributed by atoms with E-state index in [0.717, 1.165) is 22.0 Å². The topological polar surface area (TPSA) is 47.0 Å². The SMILES string of the molecule is COCCNc1nc2cccnc2s1. The molecular weight excluding hydrogens is 198 g/mol. The molecular formula is C9H11N3OS. The van der Waals surface area contributed by atoms with E-state index in [9.17, 15) is 0 Å². The molecule has 2 aromatic heterocycles. The number of hydrogen-bond donors (Lipinski definition) is 1. The molecule has 5 heteroatoms. The fourth-order valence-corrected chi connectivity index (χ4v) is 1.94. The van der Waals surface area contributed by atoms with Gasteiger partial charge in [-0.2, -0.15) is 0 Å². The van der Waals surface area contributed by atoms with Crippen molar-refractivity contribution in [1.82, 2.24) is 9.97 Å². The van der Waals surface area contributed by atoms with E-state index in [-0.39, 0.29) is 0 Å². The number of anilines is 1. The number of aromatic nitrogens is 2. The Morgan fingerprint density at radius 1 is 1.57 bits per heavy atom. The summed E-state index contributed by atoms with van der Waals surface area (Å²) < 4.78 is 4.94. The van der Waals surface area contributed by atoms with E-state index < -0.39 is 0 Å². The molecule has 0 fully saturated rings. The van der Waals surface area contributed by atoms with Crippen LogP contribution in [0.4, 0.5) is 5.13 Å². The van der Waals surface area contributed by atoms with Crippen molar-refractivity contribution < 1.29 is 4.74 Å². The van der Waals surface area contributed by atoms with Gasteiger partial charge in [-0.15, -0.1) is 0 Å². The van der Waals surface area contributed by atoms with Crippen LogP contribution in [0.2, 0.25) is 0 Å². The average molecular weight is 209 g/mol. The van der Waals surface area contributed by atoms with Crippen LogP contribution in [0, 0.1) is 0 Å². The summed E-state index contributed by atoms with van der Waals surface area (Å²) in [5.74, 6) is 0. The van der Waals surface area contributed by atoms with Gasteiger partial charge in [-0.05, 0) is 12.1 Å². The van der Waals surface area contributed by atoms with Gasteiger partial charge in [0.1, 0.15) is 10.3 Å². The molecule has 0 saturated carbocycles. The highest BCUT2D eigenvalue weighted by Crippen LogP contribution is 2.22. The Kier molecular flexibility index (Phi) is 2.90. The predicted octanol–water partition coefficient (Wildman–Crippen LogP) is 1.75. The van der Waals surface area contributed by atoms with Gasteiger partial charge in [0.15, 0.2) is 5.13 Å². The Bertz CT molecular complexity index is 382. The monoisotopic (exact) mass is 209 g/mol. The number of nitrogens with one attached hydrogen (secondary N) is 1. The Morgan fingerprint density at radius 3 is 3.29 bits per heavy atom. The zero-order valence-corrected chi connectivity index (χ0v) is 8.67. The van der Waals surface area contributed by atoms with E-state index in [2.05, 4.69) is 15.3 Å². The highest BCUT2D eigenvalue weighted by atomic mass is 32.1. The average Bonchev–Trinajstić information content (AvgIpc) is 2.60. The molecule has 0 aliphatic rings. The van der Waals surface area contributed by atoms with Crippen LogP contribution in [0.15, 0.2) is 18.3 Å². The van der Waals surface area contributed by atoms with E-state index in [1.807, 2.05) is 12.1 Å². The molecule has 0 aliphatic heterocycles. The summed E-state index contributed by atoms with van der Waals surface area (Å²) in [5, 5.41) is 4.08. The summed E-state index contributed by atoms with van der Waals surface area (Å²) in [4.78, 5) is 9.55. The van der Waals surface area contributed by atoms with Crippen LogP contribution in [0.5, 0.6) is 0 Å². The molecule has 0 aromatic carbocycles. The lowest BCUT2D eigenvalue weighted by atomic mass is 10.5. The third kappa shape index (κ3) is 2.00. The minimum Gasteiger partial charge on any atom is -0.383 e. The molecule has 0 atom stereocenters. The van der Waals surface area contributed by atoms with E-state index in [1.165, 1.54) is 0 Å². The molecule has 74 valence electrons. The quantitative estimate of drug-likeness (QED) is 0.779. The van der Waals surface area contributed by atoms with Crippen LogP contribution in [0.1, 0.15) is 0 Å². The lowest BCUT2D eigenvalue weighted by Gasteiger charge is -1.98. The maximum atomic E-state index is 4.94.